The van der Waals surface area contributed by atoms with Crippen LogP contribution in [0, 0.1) is 0 Å². The molecular weight excluding hydrogens is 282 g/mol. The van der Waals surface area contributed by atoms with Gasteiger partial charge in [-0.2, -0.15) is 11.8 Å². The molecule has 0 aliphatic carbocycles. The summed E-state index contributed by atoms with van der Waals surface area (Å²) in [5.41, 5.74) is 5.75. The number of rotatable bonds is 4. The highest BCUT2D eigenvalue weighted by molar-refractivity contribution is 8.00. The Balaban J connectivity index is 2.51. The predicted molar refractivity (Wildman–Crippen MR) is 92.9 cm³/mol. The van der Waals surface area contributed by atoms with Crippen molar-refractivity contribution in [1.82, 2.24) is 4.90 Å². The number of hydrogen-bond donors (Lipinski definition) is 1. The Bertz CT molecular complexity index is 407. The lowest BCUT2D eigenvalue weighted by molar-refractivity contribution is -0.133. The summed E-state index contributed by atoms with van der Waals surface area (Å²) in [6.07, 6.45) is 1.42. The van der Waals surface area contributed by atoms with Crippen LogP contribution in [0.3, 0.4) is 0 Å². The normalized spacial score (nSPS) is 24.8. The molecule has 0 aromatic heterocycles. The molecule has 0 radical (unpaired) electrons. The number of hydrogen-bond acceptors (Lipinski definition) is 3. The van der Waals surface area contributed by atoms with E-state index >= 15 is 0 Å². The van der Waals surface area contributed by atoms with Gasteiger partial charge in [0.15, 0.2) is 0 Å². The van der Waals surface area contributed by atoms with Gasteiger partial charge in [0.1, 0.15) is 0 Å². The van der Waals surface area contributed by atoms with Crippen LogP contribution in [0.4, 0.5) is 0 Å². The van der Waals surface area contributed by atoms with E-state index in [1.54, 1.807) is 0 Å². The first-order valence-electron chi connectivity index (χ1n) is 7.70. The fraction of sp³-hybridized carbons (Fsp3) is 0.875. The van der Waals surface area contributed by atoms with Crippen molar-refractivity contribution < 1.29 is 4.79 Å². The number of thioether (sulfide) groups is 1. The highest BCUT2D eigenvalue weighted by Crippen LogP contribution is 2.34. The van der Waals surface area contributed by atoms with Crippen molar-refractivity contribution >= 4 is 23.5 Å². The molecule has 122 valence electrons. The summed E-state index contributed by atoms with van der Waals surface area (Å²) in [6.45, 7) is 14.6. The zero-order valence-electron chi connectivity index (χ0n) is 14.6. The molecule has 2 unspecified atom stereocenters. The number of likely N-dealkylation sites (tertiary alicyclic amines) is 1. The fourth-order valence-electron chi connectivity index (χ4n) is 2.82. The summed E-state index contributed by atoms with van der Waals surface area (Å²) < 4.78 is 0. The number of amidine groups is 1. The van der Waals surface area contributed by atoms with Gasteiger partial charge in [-0.3, -0.25) is 9.79 Å². The van der Waals surface area contributed by atoms with Crippen LogP contribution in [-0.2, 0) is 4.79 Å². The molecule has 5 heteroatoms. The molecule has 1 heterocycles. The van der Waals surface area contributed by atoms with Gasteiger partial charge in [0.25, 0.3) is 0 Å². The van der Waals surface area contributed by atoms with Crippen molar-refractivity contribution in [1.29, 1.82) is 0 Å². The average molecular weight is 314 g/mol. The topological polar surface area (TPSA) is 58.7 Å². The van der Waals surface area contributed by atoms with Gasteiger partial charge in [0.2, 0.25) is 5.91 Å². The van der Waals surface area contributed by atoms with Gasteiger partial charge in [-0.1, -0.05) is 0 Å². The molecule has 0 aromatic rings. The first-order valence-corrected chi connectivity index (χ1v) is 8.74. The Kier molecular flexibility index (Phi) is 5.76. The number of nitrogens with two attached hydrogens (primary N) is 1. The van der Waals surface area contributed by atoms with Crippen molar-refractivity contribution in [3.8, 4) is 0 Å². The molecule has 1 aliphatic rings. The smallest absolute Gasteiger partial charge is 0.224 e. The zero-order chi connectivity index (χ0) is 16.4. The van der Waals surface area contributed by atoms with Crippen LogP contribution in [0.15, 0.2) is 4.99 Å². The first kappa shape index (κ1) is 18.3. The Morgan fingerprint density at radius 2 is 1.90 bits per heavy atom. The van der Waals surface area contributed by atoms with E-state index in [1.165, 1.54) is 0 Å². The lowest BCUT2D eigenvalue weighted by Crippen LogP contribution is -2.47. The van der Waals surface area contributed by atoms with Crippen LogP contribution in [-0.4, -0.2) is 44.8 Å². The van der Waals surface area contributed by atoms with Crippen LogP contribution in [0.5, 0.6) is 0 Å². The van der Waals surface area contributed by atoms with Gasteiger partial charge in [0, 0.05) is 35.4 Å². The second-order valence-electron chi connectivity index (χ2n) is 7.81. The molecule has 0 bridgehead atoms. The van der Waals surface area contributed by atoms with E-state index in [-0.39, 0.29) is 23.0 Å². The molecule has 0 saturated carbocycles. The molecule has 0 spiro atoms. The minimum Gasteiger partial charge on any atom is -0.387 e. The quantitative estimate of drug-likeness (QED) is 0.641. The van der Waals surface area contributed by atoms with Crippen LogP contribution in [0.1, 0.15) is 61.3 Å². The minimum absolute atomic E-state index is 0.0987. The standard InChI is InChI=1S/C16H31N3OS/c1-11-12(10-14(20)19(11)16(5,6)7)21-9-8-13(17)18-15(2,3)4/h11-12H,8-10H2,1-7H3,(H2,17,18). The Morgan fingerprint density at radius 3 is 2.33 bits per heavy atom. The van der Waals surface area contributed by atoms with Crippen LogP contribution in [0.25, 0.3) is 0 Å². The molecule has 2 atom stereocenters. The largest absolute Gasteiger partial charge is 0.387 e. The average Bonchev–Trinajstić information content (AvgIpc) is 2.50. The maximum Gasteiger partial charge on any atom is 0.224 e. The number of nitrogens with zero attached hydrogens (tertiary/aromatic N) is 2. The highest BCUT2D eigenvalue weighted by atomic mass is 32.2. The molecular formula is C16H31N3OS. The van der Waals surface area contributed by atoms with Gasteiger partial charge < -0.3 is 10.6 Å². The van der Waals surface area contributed by atoms with Crippen LogP contribution in [0.2, 0.25) is 0 Å². The molecule has 4 nitrogen and oxygen atoms in total. The van der Waals surface area contributed by atoms with Gasteiger partial charge >= 0.3 is 0 Å². The molecule has 1 aliphatic heterocycles. The Morgan fingerprint density at radius 1 is 1.33 bits per heavy atom. The number of carbonyl (C=O) groups excluding carboxylic acids is 1. The van der Waals surface area contributed by atoms with Crippen LogP contribution >= 0.6 is 11.8 Å². The summed E-state index contributed by atoms with van der Waals surface area (Å²) >= 11 is 1.85. The lowest BCUT2D eigenvalue weighted by Gasteiger charge is -2.36. The summed E-state index contributed by atoms with van der Waals surface area (Å²) in [7, 11) is 0. The molecule has 1 saturated heterocycles. The molecule has 21 heavy (non-hydrogen) atoms. The molecule has 0 aromatic carbocycles. The second kappa shape index (κ2) is 6.59. The number of amides is 1. The van der Waals surface area contributed by atoms with Crippen molar-refractivity contribution in [2.24, 2.45) is 10.7 Å². The van der Waals surface area contributed by atoms with E-state index in [2.05, 4.69) is 32.7 Å². The summed E-state index contributed by atoms with van der Waals surface area (Å²) in [4.78, 5) is 18.7. The van der Waals surface area contributed by atoms with E-state index in [0.29, 0.717) is 17.5 Å². The zero-order valence-corrected chi connectivity index (χ0v) is 15.4. The second-order valence-corrected chi connectivity index (χ2v) is 9.16. The molecule has 1 rings (SSSR count). The third kappa shape index (κ3) is 5.53. The van der Waals surface area contributed by atoms with Crippen molar-refractivity contribution in [2.45, 2.75) is 83.7 Å². The number of aliphatic imine (C=N–C) groups is 1. The first-order chi connectivity index (χ1) is 9.42. The van der Waals surface area contributed by atoms with Gasteiger partial charge in [-0.25, -0.2) is 0 Å². The van der Waals surface area contributed by atoms with E-state index in [1.807, 2.05) is 37.4 Å². The van der Waals surface area contributed by atoms with E-state index in [0.717, 1.165) is 12.2 Å². The minimum atomic E-state index is -0.117. The Labute approximate surface area is 133 Å². The third-order valence-electron chi connectivity index (χ3n) is 3.48. The van der Waals surface area contributed by atoms with Gasteiger partial charge in [0.05, 0.1) is 11.4 Å². The maximum atomic E-state index is 12.2. The van der Waals surface area contributed by atoms with E-state index < -0.39 is 0 Å². The van der Waals surface area contributed by atoms with Crippen molar-refractivity contribution in [2.75, 3.05) is 5.75 Å². The molecule has 1 amide bonds. The maximum absolute atomic E-state index is 12.2. The highest BCUT2D eigenvalue weighted by Gasteiger charge is 2.42. The van der Waals surface area contributed by atoms with Gasteiger partial charge in [-0.05, 0) is 48.5 Å². The van der Waals surface area contributed by atoms with E-state index in [4.69, 9.17) is 5.73 Å². The van der Waals surface area contributed by atoms with Crippen LogP contribution < -0.4 is 5.73 Å². The lowest BCUT2D eigenvalue weighted by atomic mass is 10.1. The number of carbonyl (C=O) groups is 1. The summed E-state index contributed by atoms with van der Waals surface area (Å²) in [5, 5.41) is 0.360. The summed E-state index contributed by atoms with van der Waals surface area (Å²) in [5.74, 6) is 1.90. The van der Waals surface area contributed by atoms with E-state index in [9.17, 15) is 4.79 Å². The SMILES string of the molecule is CC1C(SCCC(N)=NC(C)(C)C)CC(=O)N1C(C)(C)C. The van der Waals surface area contributed by atoms with Gasteiger partial charge in [-0.15, -0.1) is 0 Å². The summed E-state index contributed by atoms with van der Waals surface area (Å²) in [6, 6.07) is 0.281. The predicted octanol–water partition coefficient (Wildman–Crippen LogP) is 3.05. The van der Waals surface area contributed by atoms with Crippen molar-refractivity contribution in [3.05, 3.63) is 0 Å². The monoisotopic (exact) mass is 313 g/mol. The Hall–Kier alpha value is -0.710. The molecule has 1 fully saturated rings. The van der Waals surface area contributed by atoms with Crippen molar-refractivity contribution in [3.63, 3.8) is 0 Å². The third-order valence-corrected chi connectivity index (χ3v) is 4.91. The molecule has 2 N–H and O–H groups in total. The fourth-order valence-corrected chi connectivity index (χ4v) is 4.11.